The fourth-order valence-corrected chi connectivity index (χ4v) is 3.55. The fourth-order valence-electron chi connectivity index (χ4n) is 2.38. The minimum absolute atomic E-state index is 0.516. The summed E-state index contributed by atoms with van der Waals surface area (Å²) in [4.78, 5) is 6.66. The molecule has 0 radical (unpaired) electrons. The summed E-state index contributed by atoms with van der Waals surface area (Å²) in [5, 5.41) is 1.58. The maximum Gasteiger partial charge on any atom is 0.175 e. The summed E-state index contributed by atoms with van der Waals surface area (Å²) >= 11 is 6.17. The van der Waals surface area contributed by atoms with Gasteiger partial charge < -0.3 is 14.1 Å². The number of hydrogen-bond acceptors (Lipinski definition) is 4. The zero-order valence-corrected chi connectivity index (χ0v) is 13.8. The molecule has 0 saturated carbocycles. The molecular weight excluding hydrogens is 292 g/mol. The minimum Gasteiger partial charge on any atom is -0.462 e. The zero-order valence-electron chi connectivity index (χ0n) is 12.1. The molecule has 0 bridgehead atoms. The van der Waals surface area contributed by atoms with Gasteiger partial charge in [0.05, 0.1) is 24.3 Å². The molecule has 0 unspecified atom stereocenters. The molecule has 0 N–H and O–H groups in total. The lowest BCUT2D eigenvalue weighted by molar-refractivity contribution is 0.122. The number of aromatic nitrogens is 1. The molecule has 0 aliphatic carbocycles. The van der Waals surface area contributed by atoms with E-state index in [4.69, 9.17) is 20.8 Å². The minimum atomic E-state index is -1.50. The van der Waals surface area contributed by atoms with Crippen molar-refractivity contribution in [1.29, 1.82) is 0 Å². The maximum atomic E-state index is 6.17. The monoisotopic (exact) mass is 310 g/mol. The molecule has 1 aliphatic heterocycles. The van der Waals surface area contributed by atoms with Crippen LogP contribution in [0.1, 0.15) is 0 Å². The van der Waals surface area contributed by atoms with Crippen LogP contribution < -0.4 is 10.3 Å². The molecule has 0 atom stereocenters. The molecular formula is C14H19ClN2O2Si. The maximum absolute atomic E-state index is 6.17. The molecule has 2 aromatic rings. The van der Waals surface area contributed by atoms with Gasteiger partial charge >= 0.3 is 0 Å². The van der Waals surface area contributed by atoms with Gasteiger partial charge in [-0.3, -0.25) is 0 Å². The lowest BCUT2D eigenvalue weighted by Crippen LogP contribution is -2.37. The molecule has 1 aliphatic rings. The predicted octanol–water partition coefficient (Wildman–Crippen LogP) is 2.86. The molecule has 1 fully saturated rings. The van der Waals surface area contributed by atoms with Crippen molar-refractivity contribution in [3.63, 3.8) is 0 Å². The number of ether oxygens (including phenoxy) is 1. The zero-order chi connectivity index (χ0) is 14.3. The van der Waals surface area contributed by atoms with Crippen molar-refractivity contribution in [3.8, 4) is 0 Å². The average Bonchev–Trinajstić information content (AvgIpc) is 2.82. The standard InChI is InChI=1S/C14H19ClN2O2Si/c1-20(2,3)13-8-10-14(19-13)11(9-12(15)16-10)17-4-6-18-7-5-17/h8-9H,4-7H2,1-3H3. The summed E-state index contributed by atoms with van der Waals surface area (Å²) < 4.78 is 11.5. The quantitative estimate of drug-likeness (QED) is 0.631. The van der Waals surface area contributed by atoms with Crippen LogP contribution in [0.15, 0.2) is 16.5 Å². The second-order valence-electron chi connectivity index (χ2n) is 6.14. The number of halogens is 1. The van der Waals surface area contributed by atoms with Gasteiger partial charge in [0.1, 0.15) is 18.7 Å². The van der Waals surface area contributed by atoms with Crippen LogP contribution in [-0.4, -0.2) is 39.4 Å². The Balaban J connectivity index is 2.12. The van der Waals surface area contributed by atoms with E-state index in [0.717, 1.165) is 48.5 Å². The summed E-state index contributed by atoms with van der Waals surface area (Å²) in [5.41, 5.74) is 2.75. The molecule has 3 heterocycles. The van der Waals surface area contributed by atoms with Crippen LogP contribution in [0.25, 0.3) is 11.1 Å². The Hall–Kier alpha value is -1.04. The second kappa shape index (κ2) is 5.06. The third-order valence-corrected chi connectivity index (χ3v) is 5.44. The van der Waals surface area contributed by atoms with Gasteiger partial charge in [-0.25, -0.2) is 4.98 Å². The summed E-state index contributed by atoms with van der Waals surface area (Å²) in [7, 11) is -1.50. The predicted molar refractivity (Wildman–Crippen MR) is 85.0 cm³/mol. The van der Waals surface area contributed by atoms with E-state index in [0.29, 0.717) is 5.15 Å². The smallest absolute Gasteiger partial charge is 0.175 e. The van der Waals surface area contributed by atoms with Crippen LogP contribution in [0.5, 0.6) is 0 Å². The van der Waals surface area contributed by atoms with Crippen LogP contribution in [0.3, 0.4) is 0 Å². The highest BCUT2D eigenvalue weighted by molar-refractivity contribution is 6.87. The first kappa shape index (κ1) is 13.9. The number of rotatable bonds is 2. The Morgan fingerprint density at radius 1 is 1.20 bits per heavy atom. The third kappa shape index (κ3) is 2.57. The number of pyridine rings is 1. The lowest BCUT2D eigenvalue weighted by atomic mass is 10.3. The Morgan fingerprint density at radius 3 is 2.55 bits per heavy atom. The van der Waals surface area contributed by atoms with E-state index in [1.165, 1.54) is 0 Å². The number of hydrogen-bond donors (Lipinski definition) is 0. The van der Waals surface area contributed by atoms with Gasteiger partial charge in [0.25, 0.3) is 0 Å². The largest absolute Gasteiger partial charge is 0.462 e. The van der Waals surface area contributed by atoms with Gasteiger partial charge in [0, 0.05) is 25.2 Å². The first-order valence-corrected chi connectivity index (χ1v) is 10.8. The highest BCUT2D eigenvalue weighted by Gasteiger charge is 2.25. The Bertz CT molecular complexity index is 630. The Morgan fingerprint density at radius 2 is 1.90 bits per heavy atom. The van der Waals surface area contributed by atoms with Gasteiger partial charge in [-0.15, -0.1) is 0 Å². The van der Waals surface area contributed by atoms with Crippen molar-refractivity contribution in [2.75, 3.05) is 31.2 Å². The van der Waals surface area contributed by atoms with E-state index in [-0.39, 0.29) is 0 Å². The topological polar surface area (TPSA) is 38.5 Å². The van der Waals surface area contributed by atoms with Crippen LogP contribution in [0, 0.1) is 0 Å². The molecule has 2 aromatic heterocycles. The molecule has 20 heavy (non-hydrogen) atoms. The molecule has 3 rings (SSSR count). The van der Waals surface area contributed by atoms with Crippen molar-refractivity contribution in [2.24, 2.45) is 0 Å². The van der Waals surface area contributed by atoms with Gasteiger partial charge in [-0.1, -0.05) is 31.2 Å². The van der Waals surface area contributed by atoms with Crippen molar-refractivity contribution in [3.05, 3.63) is 17.3 Å². The molecule has 108 valence electrons. The highest BCUT2D eigenvalue weighted by Crippen LogP contribution is 2.30. The number of fused-ring (bicyclic) bond motifs is 1. The van der Waals surface area contributed by atoms with Crippen LogP contribution in [-0.2, 0) is 4.74 Å². The van der Waals surface area contributed by atoms with Crippen LogP contribution in [0.4, 0.5) is 5.69 Å². The molecule has 0 aromatic carbocycles. The van der Waals surface area contributed by atoms with Crippen molar-refractivity contribution < 1.29 is 9.15 Å². The summed E-state index contributed by atoms with van der Waals surface area (Å²) in [5.74, 6) is 0. The van der Waals surface area contributed by atoms with Gasteiger partial charge in [0.15, 0.2) is 5.58 Å². The molecule has 0 spiro atoms. The SMILES string of the molecule is C[Si](C)(C)c1cc2nc(Cl)cc(N3CCOCC3)c2o1. The lowest BCUT2D eigenvalue weighted by Gasteiger charge is -2.28. The fraction of sp³-hybridized carbons (Fsp3) is 0.500. The first-order chi connectivity index (χ1) is 9.45. The summed E-state index contributed by atoms with van der Waals surface area (Å²) in [6.45, 7) is 9.99. The van der Waals surface area contributed by atoms with E-state index in [9.17, 15) is 0 Å². The van der Waals surface area contributed by atoms with E-state index < -0.39 is 8.07 Å². The van der Waals surface area contributed by atoms with E-state index in [2.05, 4.69) is 35.6 Å². The Labute approximate surface area is 124 Å². The second-order valence-corrected chi connectivity index (χ2v) is 11.5. The van der Waals surface area contributed by atoms with Crippen molar-refractivity contribution in [2.45, 2.75) is 19.6 Å². The number of morpholine rings is 1. The molecule has 0 amide bonds. The normalized spacial score (nSPS) is 16.9. The number of nitrogens with zero attached hydrogens (tertiary/aromatic N) is 2. The number of anilines is 1. The van der Waals surface area contributed by atoms with Gasteiger partial charge in [-0.2, -0.15) is 0 Å². The summed E-state index contributed by atoms with van der Waals surface area (Å²) in [6.07, 6.45) is 0. The van der Waals surface area contributed by atoms with Crippen molar-refractivity contribution >= 4 is 41.8 Å². The molecule has 6 heteroatoms. The van der Waals surface area contributed by atoms with Crippen molar-refractivity contribution in [1.82, 2.24) is 4.98 Å². The Kier molecular flexibility index (Phi) is 3.52. The molecule has 4 nitrogen and oxygen atoms in total. The molecule has 1 saturated heterocycles. The van der Waals surface area contributed by atoms with Crippen LogP contribution >= 0.6 is 11.6 Å². The van der Waals surface area contributed by atoms with Gasteiger partial charge in [0.2, 0.25) is 0 Å². The highest BCUT2D eigenvalue weighted by atomic mass is 35.5. The number of furan rings is 1. The van der Waals surface area contributed by atoms with Crippen LogP contribution in [0.2, 0.25) is 24.8 Å². The average molecular weight is 311 g/mol. The third-order valence-electron chi connectivity index (χ3n) is 3.52. The van der Waals surface area contributed by atoms with E-state index >= 15 is 0 Å². The van der Waals surface area contributed by atoms with E-state index in [1.54, 1.807) is 0 Å². The van der Waals surface area contributed by atoms with Gasteiger partial charge in [-0.05, 0) is 0 Å². The summed E-state index contributed by atoms with van der Waals surface area (Å²) in [6, 6.07) is 3.95. The van der Waals surface area contributed by atoms with E-state index in [1.807, 2.05) is 6.07 Å². The first-order valence-electron chi connectivity index (χ1n) is 6.88.